The van der Waals surface area contributed by atoms with Crippen molar-refractivity contribution in [3.8, 4) is 5.75 Å². The molecule has 0 saturated heterocycles. The molecule has 0 spiro atoms. The number of rotatable bonds is 5. The van der Waals surface area contributed by atoms with E-state index in [-0.39, 0.29) is 11.5 Å². The standard InChI is InChI=1S/C27H22N4O3S/c1-17-23(25(32)30-20-10-4-3-5-11-20)24(19-9-6-12-21(15-19)34-2)31-26(33)22(35-27(31)29-17)14-18-8-7-13-28-16-18/h3-16,24H,1-2H3,(H,30,32)/b22-14-/t24-/m0/s1. The molecule has 1 amide bonds. The molecule has 35 heavy (non-hydrogen) atoms. The van der Waals surface area contributed by atoms with Crippen LogP contribution in [0.3, 0.4) is 0 Å². The van der Waals surface area contributed by atoms with Crippen LogP contribution < -0.4 is 24.9 Å². The summed E-state index contributed by atoms with van der Waals surface area (Å²) in [6.45, 7) is 1.80. The minimum Gasteiger partial charge on any atom is -0.497 e. The third-order valence-electron chi connectivity index (χ3n) is 5.69. The van der Waals surface area contributed by atoms with Crippen molar-refractivity contribution in [3.05, 3.63) is 121 Å². The average molecular weight is 483 g/mol. The van der Waals surface area contributed by atoms with Gasteiger partial charge >= 0.3 is 0 Å². The van der Waals surface area contributed by atoms with E-state index in [2.05, 4.69) is 15.3 Å². The summed E-state index contributed by atoms with van der Waals surface area (Å²) >= 11 is 1.29. The Kier molecular flexibility index (Phi) is 6.12. The van der Waals surface area contributed by atoms with Gasteiger partial charge < -0.3 is 10.1 Å². The second kappa shape index (κ2) is 9.52. The molecule has 0 unspecified atom stereocenters. The van der Waals surface area contributed by atoms with Crippen LogP contribution in [0.2, 0.25) is 0 Å². The number of methoxy groups -OCH3 is 1. The summed E-state index contributed by atoms with van der Waals surface area (Å²) in [5, 5.41) is 2.95. The van der Waals surface area contributed by atoms with Gasteiger partial charge in [0.1, 0.15) is 5.75 Å². The molecule has 1 N–H and O–H groups in total. The van der Waals surface area contributed by atoms with Crippen molar-refractivity contribution in [2.24, 2.45) is 4.99 Å². The van der Waals surface area contributed by atoms with Gasteiger partial charge in [-0.05, 0) is 54.5 Å². The highest BCUT2D eigenvalue weighted by Gasteiger charge is 2.32. The maximum atomic E-state index is 13.7. The van der Waals surface area contributed by atoms with Gasteiger partial charge in [-0.2, -0.15) is 0 Å². The molecule has 1 atom stereocenters. The number of hydrogen-bond acceptors (Lipinski definition) is 6. The lowest BCUT2D eigenvalue weighted by atomic mass is 9.95. The first-order valence-corrected chi connectivity index (χ1v) is 11.8. The van der Waals surface area contributed by atoms with Gasteiger partial charge in [0.2, 0.25) is 0 Å². The first-order chi connectivity index (χ1) is 17.0. The zero-order valence-corrected chi connectivity index (χ0v) is 20.0. The number of nitrogens with zero attached hydrogens (tertiary/aromatic N) is 3. The number of benzene rings is 2. The van der Waals surface area contributed by atoms with E-state index in [1.54, 1.807) is 37.1 Å². The van der Waals surface area contributed by atoms with Crippen LogP contribution in [-0.2, 0) is 4.79 Å². The molecule has 1 aliphatic heterocycles. The lowest BCUT2D eigenvalue weighted by Gasteiger charge is -2.25. The third-order valence-corrected chi connectivity index (χ3v) is 6.67. The minimum absolute atomic E-state index is 0.220. The van der Waals surface area contributed by atoms with Gasteiger partial charge in [0.05, 0.1) is 29.0 Å². The first kappa shape index (κ1) is 22.5. The van der Waals surface area contributed by atoms with Crippen LogP contribution in [0.25, 0.3) is 6.08 Å². The molecule has 174 valence electrons. The molecule has 5 rings (SSSR count). The van der Waals surface area contributed by atoms with Crippen molar-refractivity contribution in [2.75, 3.05) is 12.4 Å². The highest BCUT2D eigenvalue weighted by Crippen LogP contribution is 2.32. The number of carbonyl (C=O) groups excluding carboxylic acids is 1. The molecule has 2 aromatic heterocycles. The third kappa shape index (κ3) is 4.43. The smallest absolute Gasteiger partial charge is 0.271 e. The molecule has 2 aromatic carbocycles. The fourth-order valence-corrected chi connectivity index (χ4v) is 5.12. The Morgan fingerprint density at radius 3 is 2.69 bits per heavy atom. The van der Waals surface area contributed by atoms with Crippen LogP contribution in [0.5, 0.6) is 5.75 Å². The second-order valence-corrected chi connectivity index (χ2v) is 8.97. The molecular formula is C27H22N4O3S. The lowest BCUT2D eigenvalue weighted by Crippen LogP contribution is -2.40. The number of aromatic nitrogens is 2. The van der Waals surface area contributed by atoms with Crippen molar-refractivity contribution in [3.63, 3.8) is 0 Å². The van der Waals surface area contributed by atoms with Gasteiger partial charge in [0.15, 0.2) is 4.80 Å². The van der Waals surface area contributed by atoms with Gasteiger partial charge in [-0.15, -0.1) is 0 Å². The number of anilines is 1. The first-order valence-electron chi connectivity index (χ1n) is 11.0. The SMILES string of the molecule is COc1cccc([C@H]2C(C(=O)Nc3ccccc3)=C(C)N=c3s/c(=C\c4cccnc4)c(=O)n32)c1. The molecule has 3 heterocycles. The van der Waals surface area contributed by atoms with E-state index in [0.29, 0.717) is 32.0 Å². The largest absolute Gasteiger partial charge is 0.497 e. The highest BCUT2D eigenvalue weighted by atomic mass is 32.1. The average Bonchev–Trinajstić information content (AvgIpc) is 3.18. The summed E-state index contributed by atoms with van der Waals surface area (Å²) < 4.78 is 7.54. The number of thiazole rings is 1. The van der Waals surface area contributed by atoms with E-state index in [1.807, 2.05) is 66.7 Å². The fraction of sp³-hybridized carbons (Fsp3) is 0.111. The van der Waals surface area contributed by atoms with E-state index in [9.17, 15) is 9.59 Å². The quantitative estimate of drug-likeness (QED) is 0.473. The lowest BCUT2D eigenvalue weighted by molar-refractivity contribution is -0.113. The number of hydrogen-bond donors (Lipinski definition) is 1. The van der Waals surface area contributed by atoms with E-state index >= 15 is 0 Å². The number of para-hydroxylation sites is 1. The maximum absolute atomic E-state index is 13.7. The molecule has 0 saturated carbocycles. The molecule has 4 aromatic rings. The molecule has 8 heteroatoms. The normalized spacial score (nSPS) is 15.4. The van der Waals surface area contributed by atoms with Crippen molar-refractivity contribution in [2.45, 2.75) is 13.0 Å². The molecular weight excluding hydrogens is 460 g/mol. The van der Waals surface area contributed by atoms with Gasteiger partial charge in [-0.1, -0.05) is 47.7 Å². The van der Waals surface area contributed by atoms with Gasteiger partial charge in [0, 0.05) is 18.1 Å². The number of carbonyl (C=O) groups is 1. The zero-order valence-electron chi connectivity index (χ0n) is 19.1. The van der Waals surface area contributed by atoms with Gasteiger partial charge in [0.25, 0.3) is 11.5 Å². The monoisotopic (exact) mass is 482 g/mol. The Labute approximate surface area is 205 Å². The number of amides is 1. The van der Waals surface area contributed by atoms with E-state index in [4.69, 9.17) is 4.74 Å². The summed E-state index contributed by atoms with van der Waals surface area (Å²) in [5.74, 6) is 0.323. The predicted molar refractivity (Wildman–Crippen MR) is 136 cm³/mol. The molecule has 1 aliphatic rings. The zero-order chi connectivity index (χ0) is 24.4. The van der Waals surface area contributed by atoms with Crippen LogP contribution >= 0.6 is 11.3 Å². The Bertz CT molecular complexity index is 1610. The summed E-state index contributed by atoms with van der Waals surface area (Å²) in [6, 6.07) is 19.7. The number of pyridine rings is 1. The number of nitrogens with one attached hydrogen (secondary N) is 1. The van der Waals surface area contributed by atoms with E-state index < -0.39 is 6.04 Å². The van der Waals surface area contributed by atoms with Crippen molar-refractivity contribution >= 4 is 29.0 Å². The summed E-state index contributed by atoms with van der Waals surface area (Å²) in [5.41, 5.74) is 2.97. The Morgan fingerprint density at radius 2 is 1.94 bits per heavy atom. The van der Waals surface area contributed by atoms with E-state index in [1.165, 1.54) is 11.3 Å². The van der Waals surface area contributed by atoms with Crippen LogP contribution in [-0.4, -0.2) is 22.6 Å². The maximum Gasteiger partial charge on any atom is 0.271 e. The summed E-state index contributed by atoms with van der Waals surface area (Å²) in [7, 11) is 1.59. The Morgan fingerprint density at radius 1 is 1.11 bits per heavy atom. The fourth-order valence-electron chi connectivity index (χ4n) is 4.07. The summed E-state index contributed by atoms with van der Waals surface area (Å²) in [6.07, 6.45) is 5.17. The number of ether oxygens (including phenoxy) is 1. The molecule has 0 radical (unpaired) electrons. The Balaban J connectivity index is 1.69. The van der Waals surface area contributed by atoms with Crippen molar-refractivity contribution in [1.29, 1.82) is 0 Å². The predicted octanol–water partition coefficient (Wildman–Crippen LogP) is 3.28. The topological polar surface area (TPSA) is 85.6 Å². The number of allylic oxidation sites excluding steroid dienone is 1. The van der Waals surface area contributed by atoms with Crippen LogP contribution in [0.15, 0.2) is 100 Å². The highest BCUT2D eigenvalue weighted by molar-refractivity contribution is 7.07. The van der Waals surface area contributed by atoms with Crippen molar-refractivity contribution in [1.82, 2.24) is 9.55 Å². The van der Waals surface area contributed by atoms with Crippen LogP contribution in [0.4, 0.5) is 5.69 Å². The molecule has 0 aliphatic carbocycles. The van der Waals surface area contributed by atoms with Gasteiger partial charge in [-0.25, -0.2) is 4.99 Å². The second-order valence-electron chi connectivity index (χ2n) is 7.96. The Hall–Kier alpha value is -4.30. The van der Waals surface area contributed by atoms with Gasteiger partial charge in [-0.3, -0.25) is 19.1 Å². The van der Waals surface area contributed by atoms with Crippen LogP contribution in [0.1, 0.15) is 24.1 Å². The van der Waals surface area contributed by atoms with E-state index in [0.717, 1.165) is 11.1 Å². The number of fused-ring (bicyclic) bond motifs is 1. The molecule has 0 fully saturated rings. The molecule has 0 bridgehead atoms. The van der Waals surface area contributed by atoms with Crippen molar-refractivity contribution < 1.29 is 9.53 Å². The minimum atomic E-state index is -0.666. The van der Waals surface area contributed by atoms with Crippen LogP contribution in [0, 0.1) is 0 Å². The molecule has 7 nitrogen and oxygen atoms in total. The summed E-state index contributed by atoms with van der Waals surface area (Å²) in [4.78, 5) is 36.5.